The largest absolute Gasteiger partial charge is 0.497 e. The molecule has 1 unspecified atom stereocenters. The van der Waals surface area contributed by atoms with Gasteiger partial charge in [0.2, 0.25) is 0 Å². The molecule has 0 radical (unpaired) electrons. The highest BCUT2D eigenvalue weighted by Gasteiger charge is 2.42. The van der Waals surface area contributed by atoms with Crippen LogP contribution in [0.1, 0.15) is 33.1 Å². The van der Waals surface area contributed by atoms with Crippen LogP contribution in [0.15, 0.2) is 57.8 Å². The van der Waals surface area contributed by atoms with Crippen LogP contribution in [0.2, 0.25) is 5.02 Å². The van der Waals surface area contributed by atoms with Gasteiger partial charge in [-0.3, -0.25) is 9.59 Å². The summed E-state index contributed by atoms with van der Waals surface area (Å²) in [5, 5.41) is 10.5. The highest BCUT2D eigenvalue weighted by atomic mass is 79.9. The minimum Gasteiger partial charge on any atom is -0.497 e. The molecule has 0 fully saturated rings. The van der Waals surface area contributed by atoms with E-state index in [1.165, 1.54) is 18.2 Å². The number of nitrogens with one attached hydrogen (secondary N) is 1. The maximum Gasteiger partial charge on any atom is 0.275 e. The Balaban J connectivity index is 1.75. The Kier molecular flexibility index (Phi) is 5.38. The molecule has 33 heavy (non-hydrogen) atoms. The molecular formula is C23H15BrClFN4O3. The van der Waals surface area contributed by atoms with E-state index in [-0.39, 0.29) is 28.9 Å². The summed E-state index contributed by atoms with van der Waals surface area (Å²) in [6, 6.07) is 12.2. The van der Waals surface area contributed by atoms with Gasteiger partial charge in [-0.15, -0.1) is 5.10 Å². The third-order valence-electron chi connectivity index (χ3n) is 5.66. The lowest BCUT2D eigenvalue weighted by molar-refractivity contribution is 0.0736. The third-order valence-corrected chi connectivity index (χ3v) is 6.66. The molecule has 0 aliphatic carbocycles. The number of amides is 1. The van der Waals surface area contributed by atoms with Crippen LogP contribution in [-0.2, 0) is 6.54 Å². The number of hydrogen-bond acceptors (Lipinski definition) is 5. The molecule has 166 valence electrons. The Hall–Kier alpha value is -3.30. The zero-order valence-corrected chi connectivity index (χ0v) is 19.4. The van der Waals surface area contributed by atoms with E-state index >= 15 is 0 Å². The van der Waals surface area contributed by atoms with Gasteiger partial charge in [0.25, 0.3) is 11.5 Å². The molecule has 1 aromatic heterocycles. The van der Waals surface area contributed by atoms with E-state index in [1.807, 2.05) is 12.1 Å². The Morgan fingerprint density at radius 2 is 1.94 bits per heavy atom. The normalized spacial score (nSPS) is 15.2. The summed E-state index contributed by atoms with van der Waals surface area (Å²) >= 11 is 9.98. The van der Waals surface area contributed by atoms with Crippen molar-refractivity contribution in [1.82, 2.24) is 20.3 Å². The number of carbonyl (C=O) groups excluding carboxylic acids is 1. The van der Waals surface area contributed by atoms with Crippen LogP contribution in [0.4, 0.5) is 4.39 Å². The van der Waals surface area contributed by atoms with Gasteiger partial charge in [-0.05, 0) is 42.0 Å². The first-order valence-corrected chi connectivity index (χ1v) is 11.0. The number of halogens is 3. The highest BCUT2D eigenvalue weighted by Crippen LogP contribution is 2.47. The molecule has 1 amide bonds. The number of aromatic nitrogens is 3. The number of methoxy groups -OCH3 is 1. The number of hydrogen-bond donors (Lipinski definition) is 1. The SMILES string of the molecule is COc1ccc(CN2C(=O)c3c(c(Br)cc4c(=O)[nH]nnc34)C2c2cc(F)ccc2Cl)cc1. The molecule has 0 saturated carbocycles. The minimum absolute atomic E-state index is 0.178. The van der Waals surface area contributed by atoms with Crippen molar-refractivity contribution in [3.63, 3.8) is 0 Å². The molecule has 7 nitrogen and oxygen atoms in total. The molecule has 10 heteroatoms. The molecule has 0 bridgehead atoms. The summed E-state index contributed by atoms with van der Waals surface area (Å²) < 4.78 is 20.0. The van der Waals surface area contributed by atoms with Crippen LogP contribution in [-0.4, -0.2) is 33.3 Å². The Bertz CT molecular complexity index is 1480. The summed E-state index contributed by atoms with van der Waals surface area (Å²) in [5.74, 6) is -0.159. The number of fused-ring (bicyclic) bond motifs is 3. The number of ether oxygens (including phenoxy) is 1. The predicted octanol–water partition coefficient (Wildman–Crippen LogP) is 4.63. The maximum atomic E-state index is 14.3. The van der Waals surface area contributed by atoms with Crippen molar-refractivity contribution in [2.75, 3.05) is 7.11 Å². The van der Waals surface area contributed by atoms with Crippen molar-refractivity contribution in [3.8, 4) is 5.75 Å². The standard InChI is InChI=1S/C23H15BrClFN4O3/c1-33-13-5-2-11(3-6-13)10-30-21(14-8-12(26)4-7-17(14)25)18-16(24)9-15-20(19(18)23(30)32)27-29-28-22(15)31/h2-9,21H,10H2,1H3,(H,27,28,31). The molecule has 1 atom stereocenters. The molecule has 1 N–H and O–H groups in total. The van der Waals surface area contributed by atoms with Gasteiger partial charge in [-0.25, -0.2) is 9.49 Å². The van der Waals surface area contributed by atoms with Crippen molar-refractivity contribution >= 4 is 44.3 Å². The van der Waals surface area contributed by atoms with E-state index < -0.39 is 17.4 Å². The first-order valence-electron chi connectivity index (χ1n) is 9.85. The van der Waals surface area contributed by atoms with Gasteiger partial charge in [0.1, 0.15) is 17.1 Å². The smallest absolute Gasteiger partial charge is 0.275 e. The lowest BCUT2D eigenvalue weighted by atomic mass is 9.96. The monoisotopic (exact) mass is 528 g/mol. The van der Waals surface area contributed by atoms with E-state index in [1.54, 1.807) is 30.2 Å². The van der Waals surface area contributed by atoms with Gasteiger partial charge in [0, 0.05) is 27.2 Å². The molecule has 1 aliphatic rings. The average Bonchev–Trinajstić information content (AvgIpc) is 3.10. The second-order valence-electron chi connectivity index (χ2n) is 7.53. The molecule has 2 heterocycles. The number of H-pyrrole nitrogens is 1. The van der Waals surface area contributed by atoms with E-state index in [9.17, 15) is 14.0 Å². The van der Waals surface area contributed by atoms with Crippen LogP contribution < -0.4 is 10.3 Å². The fraction of sp³-hybridized carbons (Fsp3) is 0.130. The van der Waals surface area contributed by atoms with Gasteiger partial charge in [0.05, 0.1) is 24.1 Å². The predicted molar refractivity (Wildman–Crippen MR) is 124 cm³/mol. The topological polar surface area (TPSA) is 88.2 Å². The van der Waals surface area contributed by atoms with Crippen LogP contribution >= 0.6 is 27.5 Å². The summed E-state index contributed by atoms with van der Waals surface area (Å²) in [4.78, 5) is 27.7. The third kappa shape index (κ3) is 3.57. The fourth-order valence-electron chi connectivity index (χ4n) is 4.15. The van der Waals surface area contributed by atoms with Gasteiger partial charge in [-0.1, -0.05) is 44.9 Å². The second kappa shape index (κ2) is 8.24. The molecule has 1 aliphatic heterocycles. The summed E-state index contributed by atoms with van der Waals surface area (Å²) in [6.45, 7) is 0.208. The van der Waals surface area contributed by atoms with Crippen molar-refractivity contribution in [1.29, 1.82) is 0 Å². The van der Waals surface area contributed by atoms with Crippen molar-refractivity contribution in [2.24, 2.45) is 0 Å². The molecule has 3 aromatic carbocycles. The summed E-state index contributed by atoms with van der Waals surface area (Å²) in [7, 11) is 1.57. The van der Waals surface area contributed by atoms with Gasteiger partial charge >= 0.3 is 0 Å². The zero-order valence-electron chi connectivity index (χ0n) is 17.1. The van der Waals surface area contributed by atoms with Crippen LogP contribution in [0.5, 0.6) is 5.75 Å². The Morgan fingerprint density at radius 3 is 2.67 bits per heavy atom. The van der Waals surface area contributed by atoms with E-state index in [0.29, 0.717) is 26.4 Å². The first-order chi connectivity index (χ1) is 15.9. The Labute approximate surface area is 200 Å². The van der Waals surface area contributed by atoms with Gasteiger partial charge in [0.15, 0.2) is 0 Å². The van der Waals surface area contributed by atoms with Crippen LogP contribution in [0.25, 0.3) is 10.9 Å². The molecule has 4 aromatic rings. The van der Waals surface area contributed by atoms with Gasteiger partial charge in [-0.2, -0.15) is 0 Å². The number of benzene rings is 3. The van der Waals surface area contributed by atoms with E-state index in [0.717, 1.165) is 5.56 Å². The first kappa shape index (κ1) is 21.5. The second-order valence-corrected chi connectivity index (χ2v) is 8.80. The van der Waals surface area contributed by atoms with E-state index in [2.05, 4.69) is 31.3 Å². The van der Waals surface area contributed by atoms with Crippen LogP contribution in [0, 0.1) is 5.82 Å². The number of rotatable bonds is 4. The molecule has 0 spiro atoms. The van der Waals surface area contributed by atoms with Crippen molar-refractivity contribution < 1.29 is 13.9 Å². The zero-order chi connectivity index (χ0) is 23.3. The van der Waals surface area contributed by atoms with Crippen molar-refractivity contribution in [3.05, 3.63) is 96.5 Å². The molecule has 5 rings (SSSR count). The fourth-order valence-corrected chi connectivity index (χ4v) is 5.02. The van der Waals surface area contributed by atoms with Crippen LogP contribution in [0.3, 0.4) is 0 Å². The Morgan fingerprint density at radius 1 is 1.18 bits per heavy atom. The number of nitrogens with zero attached hydrogens (tertiary/aromatic N) is 3. The van der Waals surface area contributed by atoms with Crippen molar-refractivity contribution in [2.45, 2.75) is 12.6 Å². The lowest BCUT2D eigenvalue weighted by Crippen LogP contribution is -2.28. The van der Waals surface area contributed by atoms with Gasteiger partial charge < -0.3 is 9.64 Å². The van der Waals surface area contributed by atoms with E-state index in [4.69, 9.17) is 16.3 Å². The lowest BCUT2D eigenvalue weighted by Gasteiger charge is -2.27. The quantitative estimate of drug-likeness (QED) is 0.417. The number of aromatic amines is 1. The summed E-state index contributed by atoms with van der Waals surface area (Å²) in [6.07, 6.45) is 0. The summed E-state index contributed by atoms with van der Waals surface area (Å²) in [5.41, 5.74) is 1.75. The number of carbonyl (C=O) groups is 1. The minimum atomic E-state index is -0.710. The average molecular weight is 530 g/mol. The maximum absolute atomic E-state index is 14.3. The molecule has 0 saturated heterocycles. The molecular weight excluding hydrogens is 515 g/mol. The highest BCUT2D eigenvalue weighted by molar-refractivity contribution is 9.10.